The third kappa shape index (κ3) is 2.00. The lowest BCUT2D eigenvalue weighted by atomic mass is 9.86. The van der Waals surface area contributed by atoms with E-state index in [0.29, 0.717) is 0 Å². The molecule has 1 unspecified atom stereocenters. The highest BCUT2D eigenvalue weighted by Gasteiger charge is 2.30. The zero-order valence-corrected chi connectivity index (χ0v) is 14.1. The second-order valence-electron chi connectivity index (χ2n) is 6.32. The molecule has 124 valence electrons. The second-order valence-corrected chi connectivity index (χ2v) is 6.32. The smallest absolute Gasteiger partial charge is 0.309 e. The van der Waals surface area contributed by atoms with E-state index in [0.717, 1.165) is 41.4 Å². The third-order valence-electron chi connectivity index (χ3n) is 5.19. The SMILES string of the molecule is COC(=O)C1CCc2c(c3c4cccc(OC)c4ncc3n2C)C1. The quantitative estimate of drug-likeness (QED) is 0.680. The van der Waals surface area contributed by atoms with Crippen LogP contribution < -0.4 is 4.74 Å². The van der Waals surface area contributed by atoms with E-state index >= 15 is 0 Å². The van der Waals surface area contributed by atoms with Crippen LogP contribution in [0.2, 0.25) is 0 Å². The minimum Gasteiger partial charge on any atom is -0.494 e. The number of hydrogen-bond donors (Lipinski definition) is 0. The first kappa shape index (κ1) is 15.0. The van der Waals surface area contributed by atoms with Crippen LogP contribution in [0.3, 0.4) is 0 Å². The van der Waals surface area contributed by atoms with Crippen LogP contribution in [0.5, 0.6) is 5.75 Å². The van der Waals surface area contributed by atoms with Crippen LogP contribution in [0.1, 0.15) is 17.7 Å². The molecule has 1 aliphatic carbocycles. The number of methoxy groups -OCH3 is 2. The predicted molar refractivity (Wildman–Crippen MR) is 92.3 cm³/mol. The number of nitrogens with zero attached hydrogens (tertiary/aromatic N) is 2. The molecule has 0 amide bonds. The van der Waals surface area contributed by atoms with Crippen molar-refractivity contribution in [2.24, 2.45) is 13.0 Å². The van der Waals surface area contributed by atoms with Crippen LogP contribution in [-0.4, -0.2) is 29.7 Å². The average molecular weight is 324 g/mol. The minimum atomic E-state index is -0.117. The summed E-state index contributed by atoms with van der Waals surface area (Å²) in [6.07, 6.45) is 4.34. The molecule has 2 aromatic heterocycles. The van der Waals surface area contributed by atoms with Gasteiger partial charge in [-0.15, -0.1) is 0 Å². The lowest BCUT2D eigenvalue weighted by molar-refractivity contribution is -0.145. The van der Waals surface area contributed by atoms with E-state index in [1.54, 1.807) is 7.11 Å². The molecule has 2 heterocycles. The van der Waals surface area contributed by atoms with Crippen molar-refractivity contribution in [3.05, 3.63) is 35.7 Å². The number of ether oxygens (including phenoxy) is 2. The Hall–Kier alpha value is -2.56. The Kier molecular flexibility index (Phi) is 3.44. The van der Waals surface area contributed by atoms with Gasteiger partial charge >= 0.3 is 5.97 Å². The monoisotopic (exact) mass is 324 g/mol. The third-order valence-corrected chi connectivity index (χ3v) is 5.19. The van der Waals surface area contributed by atoms with Gasteiger partial charge in [0.05, 0.1) is 31.9 Å². The molecule has 1 aromatic carbocycles. The number of carbonyl (C=O) groups excluding carboxylic acids is 1. The Bertz CT molecular complexity index is 958. The number of rotatable bonds is 2. The topological polar surface area (TPSA) is 53.4 Å². The van der Waals surface area contributed by atoms with E-state index in [-0.39, 0.29) is 11.9 Å². The van der Waals surface area contributed by atoms with Crippen molar-refractivity contribution in [1.82, 2.24) is 9.55 Å². The van der Waals surface area contributed by atoms with Crippen molar-refractivity contribution in [3.63, 3.8) is 0 Å². The number of esters is 1. The molecule has 0 fully saturated rings. The fourth-order valence-corrected chi connectivity index (χ4v) is 3.98. The molecule has 0 saturated carbocycles. The summed E-state index contributed by atoms with van der Waals surface area (Å²) < 4.78 is 12.6. The molecule has 0 spiro atoms. The van der Waals surface area contributed by atoms with Gasteiger partial charge in [-0.3, -0.25) is 9.78 Å². The van der Waals surface area contributed by atoms with Crippen molar-refractivity contribution in [2.45, 2.75) is 19.3 Å². The van der Waals surface area contributed by atoms with E-state index < -0.39 is 0 Å². The zero-order valence-electron chi connectivity index (χ0n) is 14.1. The maximum Gasteiger partial charge on any atom is 0.309 e. The van der Waals surface area contributed by atoms with Gasteiger partial charge in [0.25, 0.3) is 0 Å². The minimum absolute atomic E-state index is 0.0677. The second kappa shape index (κ2) is 5.51. The summed E-state index contributed by atoms with van der Waals surface area (Å²) in [7, 11) is 5.20. The molecule has 0 bridgehead atoms. The van der Waals surface area contributed by atoms with E-state index in [1.165, 1.54) is 23.8 Å². The average Bonchev–Trinajstić information content (AvgIpc) is 2.92. The Morgan fingerprint density at radius 2 is 2.17 bits per heavy atom. The van der Waals surface area contributed by atoms with Gasteiger partial charge < -0.3 is 14.0 Å². The van der Waals surface area contributed by atoms with Crippen LogP contribution in [0.4, 0.5) is 0 Å². The Labute approximate surface area is 140 Å². The first-order valence-corrected chi connectivity index (χ1v) is 8.15. The van der Waals surface area contributed by atoms with Gasteiger partial charge in [0, 0.05) is 23.5 Å². The molecule has 1 aliphatic rings. The van der Waals surface area contributed by atoms with Crippen LogP contribution in [-0.2, 0) is 29.4 Å². The van der Waals surface area contributed by atoms with Crippen LogP contribution in [0.15, 0.2) is 24.4 Å². The molecule has 0 aliphatic heterocycles. The molecular weight excluding hydrogens is 304 g/mol. The van der Waals surface area contributed by atoms with E-state index in [2.05, 4.69) is 22.7 Å². The van der Waals surface area contributed by atoms with E-state index in [4.69, 9.17) is 9.47 Å². The predicted octanol–water partition coefficient (Wildman–Crippen LogP) is 3.01. The summed E-state index contributed by atoms with van der Waals surface area (Å²) in [6.45, 7) is 0. The normalized spacial score (nSPS) is 17.0. The maximum absolute atomic E-state index is 12.0. The van der Waals surface area contributed by atoms with Crippen molar-refractivity contribution in [3.8, 4) is 5.75 Å². The van der Waals surface area contributed by atoms with Gasteiger partial charge in [-0.1, -0.05) is 12.1 Å². The fourth-order valence-electron chi connectivity index (χ4n) is 3.98. The summed E-state index contributed by atoms with van der Waals surface area (Å²) in [5, 5.41) is 2.26. The largest absolute Gasteiger partial charge is 0.494 e. The van der Waals surface area contributed by atoms with Gasteiger partial charge in [0.15, 0.2) is 0 Å². The van der Waals surface area contributed by atoms with Crippen molar-refractivity contribution < 1.29 is 14.3 Å². The summed E-state index contributed by atoms with van der Waals surface area (Å²) >= 11 is 0. The lowest BCUT2D eigenvalue weighted by Gasteiger charge is -2.21. The van der Waals surface area contributed by atoms with Gasteiger partial charge in [-0.2, -0.15) is 0 Å². The highest BCUT2D eigenvalue weighted by molar-refractivity contribution is 6.09. The molecular formula is C19H20N2O3. The molecule has 5 nitrogen and oxygen atoms in total. The first-order chi connectivity index (χ1) is 11.7. The molecule has 4 rings (SSSR count). The van der Waals surface area contributed by atoms with E-state index in [9.17, 15) is 4.79 Å². The molecule has 24 heavy (non-hydrogen) atoms. The number of carbonyl (C=O) groups is 1. The number of hydrogen-bond acceptors (Lipinski definition) is 4. The fraction of sp³-hybridized carbons (Fsp3) is 0.368. The number of benzene rings is 1. The van der Waals surface area contributed by atoms with Gasteiger partial charge in [-0.25, -0.2) is 0 Å². The van der Waals surface area contributed by atoms with Crippen LogP contribution >= 0.6 is 0 Å². The van der Waals surface area contributed by atoms with Gasteiger partial charge in [0.2, 0.25) is 0 Å². The number of aromatic nitrogens is 2. The first-order valence-electron chi connectivity index (χ1n) is 8.15. The summed E-state index contributed by atoms with van der Waals surface area (Å²) in [4.78, 5) is 16.6. The summed E-state index contributed by atoms with van der Waals surface area (Å²) in [5.74, 6) is 0.586. The van der Waals surface area contributed by atoms with Crippen molar-refractivity contribution in [1.29, 1.82) is 0 Å². The lowest BCUT2D eigenvalue weighted by Crippen LogP contribution is -2.24. The molecule has 5 heteroatoms. The Balaban J connectivity index is 2.01. The number of para-hydroxylation sites is 1. The van der Waals surface area contributed by atoms with Gasteiger partial charge in [-0.05, 0) is 30.9 Å². The molecule has 1 atom stereocenters. The van der Waals surface area contributed by atoms with Crippen molar-refractivity contribution >= 4 is 27.8 Å². The van der Waals surface area contributed by atoms with Crippen LogP contribution in [0.25, 0.3) is 21.8 Å². The highest BCUT2D eigenvalue weighted by atomic mass is 16.5. The van der Waals surface area contributed by atoms with Crippen molar-refractivity contribution in [2.75, 3.05) is 14.2 Å². The molecule has 3 aromatic rings. The number of pyridine rings is 1. The number of aryl methyl sites for hydroxylation is 1. The van der Waals surface area contributed by atoms with Crippen LogP contribution in [0, 0.1) is 5.92 Å². The zero-order chi connectivity index (χ0) is 16.8. The highest BCUT2D eigenvalue weighted by Crippen LogP contribution is 2.38. The summed E-state index contributed by atoms with van der Waals surface area (Å²) in [6, 6.07) is 5.99. The molecule has 0 radical (unpaired) electrons. The molecule has 0 N–H and O–H groups in total. The Morgan fingerprint density at radius 3 is 2.92 bits per heavy atom. The Morgan fingerprint density at radius 1 is 1.33 bits per heavy atom. The standard InChI is InChI=1S/C19H20N2O3/c1-21-14-8-7-11(19(22)24-3)9-13(14)17-12-5-4-6-16(23-2)18(12)20-10-15(17)21/h4-6,10-11H,7-9H2,1-3H3. The maximum atomic E-state index is 12.0. The van der Waals surface area contributed by atoms with Gasteiger partial charge in [0.1, 0.15) is 11.3 Å². The summed E-state index contributed by atoms with van der Waals surface area (Å²) in [5.41, 5.74) is 4.50. The molecule has 0 saturated heterocycles. The number of fused-ring (bicyclic) bond motifs is 5. The van der Waals surface area contributed by atoms with E-state index in [1.807, 2.05) is 18.3 Å².